The smallest absolute Gasteiger partial charge is 0.258 e. The maximum absolute atomic E-state index is 13.4. The summed E-state index contributed by atoms with van der Waals surface area (Å²) in [6.07, 6.45) is 1.25. The summed E-state index contributed by atoms with van der Waals surface area (Å²) in [6, 6.07) is 13.2. The van der Waals surface area contributed by atoms with Crippen LogP contribution < -0.4 is 10.1 Å². The van der Waals surface area contributed by atoms with Crippen molar-refractivity contribution in [3.63, 3.8) is 0 Å². The number of carbonyl (C=O) groups is 1. The van der Waals surface area contributed by atoms with E-state index < -0.39 is 0 Å². The van der Waals surface area contributed by atoms with Crippen LogP contribution in [0.5, 0.6) is 5.75 Å². The number of aromatic nitrogens is 2. The third-order valence-electron chi connectivity index (χ3n) is 3.27. The van der Waals surface area contributed by atoms with Crippen molar-refractivity contribution in [3.05, 3.63) is 66.3 Å². The van der Waals surface area contributed by atoms with Gasteiger partial charge in [0.15, 0.2) is 6.61 Å². The Hall–Kier alpha value is -3.22. The third kappa shape index (κ3) is 3.95. The van der Waals surface area contributed by atoms with Crippen molar-refractivity contribution in [2.75, 3.05) is 6.61 Å². The van der Waals surface area contributed by atoms with Crippen LogP contribution in [-0.4, -0.2) is 22.7 Å². The first-order chi connectivity index (χ1) is 11.7. The lowest BCUT2D eigenvalue weighted by molar-refractivity contribution is -0.123. The minimum absolute atomic E-state index is 0.116. The molecule has 1 amide bonds. The van der Waals surface area contributed by atoms with Crippen molar-refractivity contribution in [2.45, 2.75) is 6.54 Å². The number of nitrogens with zero attached hydrogens (tertiary/aromatic N) is 2. The minimum Gasteiger partial charge on any atom is -0.484 e. The first-order valence-corrected chi connectivity index (χ1v) is 7.22. The molecule has 0 atom stereocenters. The van der Waals surface area contributed by atoms with Crippen LogP contribution in [0.4, 0.5) is 4.39 Å². The van der Waals surface area contributed by atoms with E-state index in [1.807, 2.05) is 0 Å². The highest BCUT2D eigenvalue weighted by atomic mass is 19.1. The monoisotopic (exact) mass is 327 g/mol. The van der Waals surface area contributed by atoms with Crippen LogP contribution in [-0.2, 0) is 11.3 Å². The zero-order chi connectivity index (χ0) is 16.8. The Bertz CT molecular complexity index is 804. The summed E-state index contributed by atoms with van der Waals surface area (Å²) in [6.45, 7) is -0.0423. The molecule has 6 nitrogen and oxygen atoms in total. The molecule has 1 heterocycles. The topological polar surface area (TPSA) is 77.2 Å². The number of nitrogens with one attached hydrogen (secondary N) is 1. The lowest BCUT2D eigenvalue weighted by Gasteiger charge is -2.08. The Balaban J connectivity index is 1.48. The first-order valence-electron chi connectivity index (χ1n) is 7.22. The first kappa shape index (κ1) is 15.7. The van der Waals surface area contributed by atoms with Gasteiger partial charge in [-0.05, 0) is 30.3 Å². The Kier molecular flexibility index (Phi) is 4.81. The number of hydrogen-bond acceptors (Lipinski definition) is 5. The average Bonchev–Trinajstić information content (AvgIpc) is 3.14. The second-order valence-corrected chi connectivity index (χ2v) is 4.93. The molecule has 0 unspecified atom stereocenters. The lowest BCUT2D eigenvalue weighted by Crippen LogP contribution is -2.28. The number of rotatable bonds is 6. The number of hydrogen-bond donors (Lipinski definition) is 1. The Labute approximate surface area is 137 Å². The Morgan fingerprint density at radius 2 is 1.96 bits per heavy atom. The Morgan fingerprint density at radius 1 is 1.17 bits per heavy atom. The number of amides is 1. The van der Waals surface area contributed by atoms with Gasteiger partial charge in [-0.1, -0.05) is 18.2 Å². The average molecular weight is 327 g/mol. The van der Waals surface area contributed by atoms with E-state index in [0.29, 0.717) is 17.2 Å². The summed E-state index contributed by atoms with van der Waals surface area (Å²) in [7, 11) is 0. The van der Waals surface area contributed by atoms with Gasteiger partial charge in [-0.15, -0.1) is 10.2 Å². The van der Waals surface area contributed by atoms with Gasteiger partial charge in [0, 0.05) is 17.7 Å². The van der Waals surface area contributed by atoms with Crippen molar-refractivity contribution in [3.8, 4) is 17.2 Å². The van der Waals surface area contributed by atoms with E-state index in [1.165, 1.54) is 12.5 Å². The molecule has 24 heavy (non-hydrogen) atoms. The fourth-order valence-electron chi connectivity index (χ4n) is 2.03. The van der Waals surface area contributed by atoms with Gasteiger partial charge in [0.25, 0.3) is 5.91 Å². The van der Waals surface area contributed by atoms with Crippen molar-refractivity contribution in [1.29, 1.82) is 0 Å². The van der Waals surface area contributed by atoms with Crippen molar-refractivity contribution >= 4 is 5.91 Å². The summed E-state index contributed by atoms with van der Waals surface area (Å²) < 4.78 is 23.9. The molecular formula is C17H14FN3O3. The fourth-order valence-corrected chi connectivity index (χ4v) is 2.03. The van der Waals surface area contributed by atoms with Gasteiger partial charge in [-0.2, -0.15) is 0 Å². The fraction of sp³-hybridized carbons (Fsp3) is 0.118. The molecule has 1 aromatic heterocycles. The molecule has 0 bridgehead atoms. The molecule has 122 valence electrons. The normalized spacial score (nSPS) is 10.4. The predicted octanol–water partition coefficient (Wildman–Crippen LogP) is 2.57. The molecule has 7 heteroatoms. The van der Waals surface area contributed by atoms with E-state index in [2.05, 4.69) is 15.5 Å². The predicted molar refractivity (Wildman–Crippen MR) is 83.5 cm³/mol. The van der Waals surface area contributed by atoms with Gasteiger partial charge in [-0.3, -0.25) is 4.79 Å². The van der Waals surface area contributed by atoms with E-state index in [-0.39, 0.29) is 24.9 Å². The molecule has 0 aliphatic rings. The van der Waals surface area contributed by atoms with Gasteiger partial charge in [0.1, 0.15) is 11.6 Å². The quantitative estimate of drug-likeness (QED) is 0.753. The van der Waals surface area contributed by atoms with Crippen LogP contribution in [0.25, 0.3) is 11.5 Å². The van der Waals surface area contributed by atoms with Crippen LogP contribution in [0.2, 0.25) is 0 Å². The van der Waals surface area contributed by atoms with Gasteiger partial charge in [-0.25, -0.2) is 4.39 Å². The highest BCUT2D eigenvalue weighted by Crippen LogP contribution is 2.20. The van der Waals surface area contributed by atoms with Crippen molar-refractivity contribution in [2.24, 2.45) is 0 Å². The van der Waals surface area contributed by atoms with Crippen LogP contribution in [0.1, 0.15) is 5.56 Å². The van der Waals surface area contributed by atoms with E-state index in [0.717, 1.165) is 5.56 Å². The van der Waals surface area contributed by atoms with Crippen LogP contribution in [0, 0.1) is 5.82 Å². The molecule has 3 aromatic rings. The summed E-state index contributed by atoms with van der Waals surface area (Å²) in [5, 5.41) is 10.0. The molecule has 0 aliphatic heterocycles. The zero-order valence-corrected chi connectivity index (χ0v) is 12.6. The van der Waals surface area contributed by atoms with Crippen LogP contribution >= 0.6 is 0 Å². The maximum Gasteiger partial charge on any atom is 0.258 e. The standard InChI is InChI=1S/C17H14FN3O3/c18-15-4-2-1-3-13(15)9-19-16(22)10-23-14-7-5-12(6-8-14)17-21-20-11-24-17/h1-8,11H,9-10H2,(H,19,22). The van der Waals surface area contributed by atoms with E-state index >= 15 is 0 Å². The number of halogens is 1. The maximum atomic E-state index is 13.4. The Morgan fingerprint density at radius 3 is 2.67 bits per heavy atom. The van der Waals surface area contributed by atoms with Gasteiger partial charge in [0.05, 0.1) is 0 Å². The van der Waals surface area contributed by atoms with E-state index in [9.17, 15) is 9.18 Å². The number of benzene rings is 2. The molecule has 0 aliphatic carbocycles. The molecule has 0 radical (unpaired) electrons. The molecular weight excluding hydrogens is 313 g/mol. The largest absolute Gasteiger partial charge is 0.484 e. The molecule has 0 saturated carbocycles. The zero-order valence-electron chi connectivity index (χ0n) is 12.6. The summed E-state index contributed by atoms with van der Waals surface area (Å²) in [4.78, 5) is 11.8. The van der Waals surface area contributed by atoms with Gasteiger partial charge < -0.3 is 14.5 Å². The summed E-state index contributed by atoms with van der Waals surface area (Å²) in [5.74, 6) is 0.248. The minimum atomic E-state index is -0.352. The second kappa shape index (κ2) is 7.36. The van der Waals surface area contributed by atoms with Crippen molar-refractivity contribution < 1.29 is 18.3 Å². The van der Waals surface area contributed by atoms with E-state index in [1.54, 1.807) is 42.5 Å². The molecule has 0 fully saturated rings. The summed E-state index contributed by atoms with van der Waals surface area (Å²) in [5.41, 5.74) is 1.18. The molecule has 0 saturated heterocycles. The highest BCUT2D eigenvalue weighted by molar-refractivity contribution is 5.77. The van der Waals surface area contributed by atoms with Crippen molar-refractivity contribution in [1.82, 2.24) is 15.5 Å². The molecule has 0 spiro atoms. The SMILES string of the molecule is O=C(COc1ccc(-c2nnco2)cc1)NCc1ccccc1F. The van der Waals surface area contributed by atoms with Gasteiger partial charge in [0.2, 0.25) is 12.3 Å². The summed E-state index contributed by atoms with van der Waals surface area (Å²) >= 11 is 0. The van der Waals surface area contributed by atoms with Crippen LogP contribution in [0.3, 0.4) is 0 Å². The number of ether oxygens (including phenoxy) is 1. The molecule has 1 N–H and O–H groups in total. The third-order valence-corrected chi connectivity index (χ3v) is 3.27. The second-order valence-electron chi connectivity index (χ2n) is 4.93. The highest BCUT2D eigenvalue weighted by Gasteiger charge is 2.07. The van der Waals surface area contributed by atoms with E-state index in [4.69, 9.17) is 9.15 Å². The number of carbonyl (C=O) groups excluding carboxylic acids is 1. The lowest BCUT2D eigenvalue weighted by atomic mass is 10.2. The molecule has 3 rings (SSSR count). The van der Waals surface area contributed by atoms with Gasteiger partial charge >= 0.3 is 0 Å². The van der Waals surface area contributed by atoms with Crippen LogP contribution in [0.15, 0.2) is 59.3 Å². The molecule has 2 aromatic carbocycles.